The van der Waals surface area contributed by atoms with Crippen molar-refractivity contribution in [2.75, 3.05) is 0 Å². The molecule has 21 heavy (non-hydrogen) atoms. The van der Waals surface area contributed by atoms with Crippen LogP contribution < -0.4 is 0 Å². The number of alkyl halides is 2. The predicted octanol–water partition coefficient (Wildman–Crippen LogP) is 1.85. The van der Waals surface area contributed by atoms with Gasteiger partial charge in [-0.05, 0) is 6.07 Å². The molecule has 0 saturated heterocycles. The summed E-state index contributed by atoms with van der Waals surface area (Å²) in [6.07, 6.45) is 1.40. The molecular formula is C11H7F3N6O. The summed E-state index contributed by atoms with van der Waals surface area (Å²) in [5.74, 6) is -1.68. The fourth-order valence-electron chi connectivity index (χ4n) is 1.61. The lowest BCUT2D eigenvalue weighted by atomic mass is 10.2. The fourth-order valence-corrected chi connectivity index (χ4v) is 1.61. The second-order valence-electron chi connectivity index (χ2n) is 4.00. The first-order valence-electron chi connectivity index (χ1n) is 5.74. The lowest BCUT2D eigenvalue weighted by Crippen LogP contribution is -2.05. The van der Waals surface area contributed by atoms with Gasteiger partial charge in [-0.15, -0.1) is 15.3 Å². The van der Waals surface area contributed by atoms with Crippen molar-refractivity contribution in [3.05, 3.63) is 42.1 Å². The molecule has 0 radical (unpaired) electrons. The average Bonchev–Trinajstić information content (AvgIpc) is 3.12. The molecule has 10 heteroatoms. The molecular weight excluding hydrogens is 289 g/mol. The molecule has 0 aliphatic rings. The van der Waals surface area contributed by atoms with Crippen molar-refractivity contribution in [1.82, 2.24) is 30.2 Å². The van der Waals surface area contributed by atoms with Gasteiger partial charge in [0.2, 0.25) is 5.89 Å². The van der Waals surface area contributed by atoms with Gasteiger partial charge in [0, 0.05) is 12.4 Å². The molecule has 7 nitrogen and oxygen atoms in total. The van der Waals surface area contributed by atoms with Crippen LogP contribution in [0.5, 0.6) is 0 Å². The lowest BCUT2D eigenvalue weighted by Gasteiger charge is -2.03. The summed E-state index contributed by atoms with van der Waals surface area (Å²) >= 11 is 0. The SMILES string of the molecule is Fc1cc(-c2nnc(C(F)F)o2)cnc1Cn1ccnn1. The number of hydrogen-bond donors (Lipinski definition) is 0. The van der Waals surface area contributed by atoms with Crippen LogP contribution in [-0.4, -0.2) is 30.2 Å². The topological polar surface area (TPSA) is 82.5 Å². The molecule has 0 aliphatic heterocycles. The van der Waals surface area contributed by atoms with Gasteiger partial charge in [-0.3, -0.25) is 4.98 Å². The maximum absolute atomic E-state index is 13.9. The van der Waals surface area contributed by atoms with Gasteiger partial charge in [-0.25, -0.2) is 9.07 Å². The van der Waals surface area contributed by atoms with E-state index < -0.39 is 18.1 Å². The van der Waals surface area contributed by atoms with E-state index in [4.69, 9.17) is 4.42 Å². The Bertz CT molecular complexity index is 742. The summed E-state index contributed by atoms with van der Waals surface area (Å²) in [5.41, 5.74) is 0.243. The Labute approximate surface area is 115 Å². The summed E-state index contributed by atoms with van der Waals surface area (Å²) in [7, 11) is 0. The number of hydrogen-bond acceptors (Lipinski definition) is 6. The Morgan fingerprint density at radius 1 is 1.29 bits per heavy atom. The molecule has 0 N–H and O–H groups in total. The number of halogens is 3. The van der Waals surface area contributed by atoms with Crippen LogP contribution in [-0.2, 0) is 6.54 Å². The molecule has 0 spiro atoms. The van der Waals surface area contributed by atoms with Crippen LogP contribution in [0.1, 0.15) is 18.0 Å². The number of aromatic nitrogens is 6. The quantitative estimate of drug-likeness (QED) is 0.730. The van der Waals surface area contributed by atoms with E-state index in [0.717, 1.165) is 6.07 Å². The van der Waals surface area contributed by atoms with E-state index in [2.05, 4.69) is 25.5 Å². The van der Waals surface area contributed by atoms with Crippen LogP contribution in [0.2, 0.25) is 0 Å². The molecule has 108 valence electrons. The molecule has 0 aromatic carbocycles. The third-order valence-corrected chi connectivity index (χ3v) is 2.58. The van der Waals surface area contributed by atoms with Gasteiger partial charge < -0.3 is 4.42 Å². The van der Waals surface area contributed by atoms with Gasteiger partial charge in [0.05, 0.1) is 24.0 Å². The minimum atomic E-state index is -2.88. The highest BCUT2D eigenvalue weighted by Crippen LogP contribution is 2.23. The molecule has 0 bridgehead atoms. The first kappa shape index (κ1) is 13.2. The van der Waals surface area contributed by atoms with Gasteiger partial charge in [0.25, 0.3) is 5.89 Å². The van der Waals surface area contributed by atoms with E-state index in [9.17, 15) is 13.2 Å². The molecule has 3 aromatic rings. The predicted molar refractivity (Wildman–Crippen MR) is 61.6 cm³/mol. The van der Waals surface area contributed by atoms with Crippen molar-refractivity contribution < 1.29 is 17.6 Å². The van der Waals surface area contributed by atoms with Crippen LogP contribution in [0, 0.1) is 5.82 Å². The molecule has 0 aliphatic carbocycles. The Morgan fingerprint density at radius 3 is 2.76 bits per heavy atom. The molecule has 3 heterocycles. The van der Waals surface area contributed by atoms with Gasteiger partial charge >= 0.3 is 6.43 Å². The first-order chi connectivity index (χ1) is 10.1. The van der Waals surface area contributed by atoms with E-state index >= 15 is 0 Å². The number of rotatable bonds is 4. The van der Waals surface area contributed by atoms with Crippen molar-refractivity contribution in [2.24, 2.45) is 0 Å². The highest BCUT2D eigenvalue weighted by Gasteiger charge is 2.18. The van der Waals surface area contributed by atoms with Crippen LogP contribution in [0.3, 0.4) is 0 Å². The van der Waals surface area contributed by atoms with Gasteiger partial charge in [-0.1, -0.05) is 5.21 Å². The Morgan fingerprint density at radius 2 is 2.14 bits per heavy atom. The molecule has 0 unspecified atom stereocenters. The average molecular weight is 296 g/mol. The molecule has 3 aromatic heterocycles. The first-order valence-corrected chi connectivity index (χ1v) is 5.74. The van der Waals surface area contributed by atoms with Crippen molar-refractivity contribution in [2.45, 2.75) is 13.0 Å². The van der Waals surface area contributed by atoms with E-state index in [1.807, 2.05) is 0 Å². The molecule has 0 fully saturated rings. The van der Waals surface area contributed by atoms with Crippen LogP contribution in [0.4, 0.5) is 13.2 Å². The van der Waals surface area contributed by atoms with E-state index in [-0.39, 0.29) is 23.7 Å². The van der Waals surface area contributed by atoms with Gasteiger partial charge in [0.15, 0.2) is 0 Å². The fraction of sp³-hybridized carbons (Fsp3) is 0.182. The van der Waals surface area contributed by atoms with E-state index in [1.165, 1.54) is 17.1 Å². The van der Waals surface area contributed by atoms with Crippen molar-refractivity contribution in [3.8, 4) is 11.5 Å². The van der Waals surface area contributed by atoms with E-state index in [1.54, 1.807) is 6.20 Å². The summed E-state index contributed by atoms with van der Waals surface area (Å²) < 4.78 is 44.8. The Kier molecular flexibility index (Phi) is 3.34. The normalized spacial score (nSPS) is 11.2. The maximum atomic E-state index is 13.9. The summed E-state index contributed by atoms with van der Waals surface area (Å²) in [6, 6.07) is 1.09. The lowest BCUT2D eigenvalue weighted by molar-refractivity contribution is 0.116. The summed E-state index contributed by atoms with van der Waals surface area (Å²) in [6.45, 7) is 0.0955. The Balaban J connectivity index is 1.86. The molecule has 0 amide bonds. The number of nitrogens with zero attached hydrogens (tertiary/aromatic N) is 6. The minimum absolute atomic E-state index is 0.0955. The third-order valence-electron chi connectivity index (χ3n) is 2.58. The molecule has 0 atom stereocenters. The zero-order chi connectivity index (χ0) is 14.8. The minimum Gasteiger partial charge on any atom is -0.415 e. The smallest absolute Gasteiger partial charge is 0.314 e. The third kappa shape index (κ3) is 2.73. The van der Waals surface area contributed by atoms with Gasteiger partial charge in [0.1, 0.15) is 5.82 Å². The van der Waals surface area contributed by atoms with Crippen molar-refractivity contribution in [3.63, 3.8) is 0 Å². The van der Waals surface area contributed by atoms with Crippen LogP contribution >= 0.6 is 0 Å². The van der Waals surface area contributed by atoms with Gasteiger partial charge in [-0.2, -0.15) is 8.78 Å². The second kappa shape index (κ2) is 5.31. The Hall–Kier alpha value is -2.78. The molecule has 0 saturated carbocycles. The largest absolute Gasteiger partial charge is 0.415 e. The monoisotopic (exact) mass is 296 g/mol. The zero-order valence-corrected chi connectivity index (χ0v) is 10.3. The summed E-state index contributed by atoms with van der Waals surface area (Å²) in [4.78, 5) is 3.90. The standard InChI is InChI=1S/C11H7F3N6O/c12-7-3-6(10-17-18-11(21-10)9(13)14)4-15-8(7)5-20-2-1-16-19-20/h1-4,9H,5H2. The van der Waals surface area contributed by atoms with Crippen molar-refractivity contribution in [1.29, 1.82) is 0 Å². The number of pyridine rings is 1. The van der Waals surface area contributed by atoms with Crippen LogP contribution in [0.15, 0.2) is 29.1 Å². The van der Waals surface area contributed by atoms with Crippen molar-refractivity contribution >= 4 is 0 Å². The highest BCUT2D eigenvalue weighted by atomic mass is 19.3. The van der Waals surface area contributed by atoms with E-state index in [0.29, 0.717) is 0 Å². The van der Waals surface area contributed by atoms with Crippen LogP contribution in [0.25, 0.3) is 11.5 Å². The summed E-state index contributed by atoms with van der Waals surface area (Å²) in [5, 5.41) is 13.9. The highest BCUT2D eigenvalue weighted by molar-refractivity contribution is 5.51. The zero-order valence-electron chi connectivity index (χ0n) is 10.3. The maximum Gasteiger partial charge on any atom is 0.314 e. The molecule has 3 rings (SSSR count). The second-order valence-corrected chi connectivity index (χ2v) is 4.00.